The van der Waals surface area contributed by atoms with Crippen LogP contribution in [0.5, 0.6) is 5.75 Å². The van der Waals surface area contributed by atoms with Gasteiger partial charge in [0.15, 0.2) is 0 Å². The second-order valence-corrected chi connectivity index (χ2v) is 7.67. The molecule has 1 N–H and O–H groups in total. The molecule has 0 unspecified atom stereocenters. The first kappa shape index (κ1) is 16.7. The Balaban J connectivity index is 1.27. The number of rotatable bonds is 4. The fourth-order valence-corrected chi connectivity index (χ4v) is 4.41. The summed E-state index contributed by atoms with van der Waals surface area (Å²) in [7, 11) is 0. The van der Waals surface area contributed by atoms with Crippen LogP contribution >= 0.6 is 0 Å². The molecule has 2 saturated heterocycles. The van der Waals surface area contributed by atoms with Crippen LogP contribution < -0.4 is 10.1 Å². The zero-order valence-corrected chi connectivity index (χ0v) is 15.0. The number of hydrogen-bond donors (Lipinski definition) is 1. The van der Waals surface area contributed by atoms with Gasteiger partial charge in [0, 0.05) is 31.6 Å². The van der Waals surface area contributed by atoms with E-state index >= 15 is 0 Å². The van der Waals surface area contributed by atoms with Crippen molar-refractivity contribution in [2.45, 2.75) is 38.1 Å². The van der Waals surface area contributed by atoms with Gasteiger partial charge in [-0.25, -0.2) is 4.79 Å². The smallest absolute Gasteiger partial charge is 0.317 e. The van der Waals surface area contributed by atoms with Crippen LogP contribution in [0.4, 0.5) is 4.79 Å². The van der Waals surface area contributed by atoms with Crippen molar-refractivity contribution < 1.29 is 9.53 Å². The normalized spacial score (nSPS) is 26.3. The van der Waals surface area contributed by atoms with Crippen LogP contribution in [0.25, 0.3) is 0 Å². The topological polar surface area (TPSA) is 44.8 Å². The van der Waals surface area contributed by atoms with Gasteiger partial charge in [0.25, 0.3) is 0 Å². The molecule has 2 amide bonds. The molecular formula is C20H29N3O2. The molecule has 136 valence electrons. The Morgan fingerprint density at radius 1 is 1.16 bits per heavy atom. The van der Waals surface area contributed by atoms with Crippen molar-refractivity contribution in [2.75, 3.05) is 39.3 Å². The summed E-state index contributed by atoms with van der Waals surface area (Å²) in [5, 5.41) is 3.17. The van der Waals surface area contributed by atoms with Crippen LogP contribution in [0.2, 0.25) is 0 Å². The third-order valence-electron chi connectivity index (χ3n) is 5.80. The molecule has 0 radical (unpaired) electrons. The maximum atomic E-state index is 12.7. The summed E-state index contributed by atoms with van der Waals surface area (Å²) in [4.78, 5) is 17.3. The first-order valence-corrected chi connectivity index (χ1v) is 9.77. The van der Waals surface area contributed by atoms with Gasteiger partial charge in [-0.15, -0.1) is 0 Å². The highest BCUT2D eigenvalue weighted by atomic mass is 16.5. The van der Waals surface area contributed by atoms with Gasteiger partial charge >= 0.3 is 6.03 Å². The lowest BCUT2D eigenvalue weighted by molar-refractivity contribution is 0.168. The number of nitrogens with zero attached hydrogens (tertiary/aromatic N) is 2. The van der Waals surface area contributed by atoms with Crippen LogP contribution in [0.3, 0.4) is 0 Å². The van der Waals surface area contributed by atoms with Crippen molar-refractivity contribution in [1.29, 1.82) is 0 Å². The summed E-state index contributed by atoms with van der Waals surface area (Å²) in [6.45, 7) is 5.73. The molecule has 1 aromatic carbocycles. The highest BCUT2D eigenvalue weighted by molar-refractivity contribution is 5.74. The minimum Gasteiger partial charge on any atom is -0.493 e. The molecule has 5 nitrogen and oxygen atoms in total. The number of carbonyl (C=O) groups is 1. The lowest BCUT2D eigenvalue weighted by Gasteiger charge is -2.30. The SMILES string of the molecule is O=C(NC[C@@H]1COc2ccccc2C1)N1CCC[C@H]1CN1CCCC1. The molecule has 0 aromatic heterocycles. The molecule has 0 saturated carbocycles. The Morgan fingerprint density at radius 2 is 2.00 bits per heavy atom. The molecule has 25 heavy (non-hydrogen) atoms. The predicted octanol–water partition coefficient (Wildman–Crippen LogP) is 2.51. The first-order valence-electron chi connectivity index (χ1n) is 9.77. The number of hydrogen-bond acceptors (Lipinski definition) is 3. The third kappa shape index (κ3) is 3.92. The summed E-state index contributed by atoms with van der Waals surface area (Å²) in [5.74, 6) is 1.36. The number of carbonyl (C=O) groups excluding carboxylic acids is 1. The van der Waals surface area contributed by atoms with E-state index < -0.39 is 0 Å². The Labute approximate surface area is 150 Å². The van der Waals surface area contributed by atoms with Crippen molar-refractivity contribution in [1.82, 2.24) is 15.1 Å². The van der Waals surface area contributed by atoms with Crippen LogP contribution in [-0.4, -0.2) is 61.2 Å². The monoisotopic (exact) mass is 343 g/mol. The van der Waals surface area contributed by atoms with Gasteiger partial charge in [-0.1, -0.05) is 18.2 Å². The molecule has 0 spiro atoms. The Hall–Kier alpha value is -1.75. The highest BCUT2D eigenvalue weighted by Crippen LogP contribution is 2.26. The average Bonchev–Trinajstić information content (AvgIpc) is 3.32. The van der Waals surface area contributed by atoms with Gasteiger partial charge in [-0.05, 0) is 56.8 Å². The molecule has 0 bridgehead atoms. The summed E-state index contributed by atoms with van der Waals surface area (Å²) in [6, 6.07) is 8.71. The largest absolute Gasteiger partial charge is 0.493 e. The molecular weight excluding hydrogens is 314 g/mol. The Bertz CT molecular complexity index is 600. The summed E-state index contributed by atoms with van der Waals surface area (Å²) in [6.07, 6.45) is 5.87. The summed E-state index contributed by atoms with van der Waals surface area (Å²) < 4.78 is 5.83. The maximum Gasteiger partial charge on any atom is 0.317 e. The number of benzene rings is 1. The Morgan fingerprint density at radius 3 is 2.88 bits per heavy atom. The number of urea groups is 1. The third-order valence-corrected chi connectivity index (χ3v) is 5.80. The van der Waals surface area contributed by atoms with Crippen LogP contribution in [0, 0.1) is 5.92 Å². The van der Waals surface area contributed by atoms with Gasteiger partial charge in [0.2, 0.25) is 0 Å². The van der Waals surface area contributed by atoms with E-state index in [4.69, 9.17) is 4.74 Å². The van der Waals surface area contributed by atoms with E-state index in [1.165, 1.54) is 31.5 Å². The number of nitrogens with one attached hydrogen (secondary N) is 1. The van der Waals surface area contributed by atoms with Gasteiger partial charge < -0.3 is 19.9 Å². The maximum absolute atomic E-state index is 12.7. The second kappa shape index (κ2) is 7.65. The molecule has 1 aromatic rings. The number of fused-ring (bicyclic) bond motifs is 1. The van der Waals surface area contributed by atoms with Crippen molar-refractivity contribution in [3.05, 3.63) is 29.8 Å². The average molecular weight is 343 g/mol. The van der Waals surface area contributed by atoms with Crippen molar-refractivity contribution in [3.8, 4) is 5.75 Å². The fraction of sp³-hybridized carbons (Fsp3) is 0.650. The minimum atomic E-state index is 0.112. The van der Waals surface area contributed by atoms with Gasteiger partial charge in [-0.2, -0.15) is 0 Å². The lowest BCUT2D eigenvalue weighted by Crippen LogP contribution is -2.48. The quantitative estimate of drug-likeness (QED) is 0.914. The van der Waals surface area contributed by atoms with E-state index in [2.05, 4.69) is 27.2 Å². The first-order chi connectivity index (χ1) is 12.3. The van der Waals surface area contributed by atoms with Crippen molar-refractivity contribution in [2.24, 2.45) is 5.92 Å². The van der Waals surface area contributed by atoms with Crippen LogP contribution in [0.15, 0.2) is 24.3 Å². The van der Waals surface area contributed by atoms with E-state index in [1.807, 2.05) is 12.1 Å². The molecule has 2 fully saturated rings. The fourth-order valence-electron chi connectivity index (χ4n) is 4.41. The molecule has 5 heteroatoms. The molecule has 3 heterocycles. The van der Waals surface area contributed by atoms with Crippen LogP contribution in [0.1, 0.15) is 31.2 Å². The number of para-hydroxylation sites is 1. The molecule has 3 aliphatic rings. The molecule has 2 atom stereocenters. The molecule has 0 aliphatic carbocycles. The van der Waals surface area contributed by atoms with E-state index in [0.717, 1.165) is 38.1 Å². The standard InChI is InChI=1S/C20H29N3O2/c24-20(23-11-5-7-18(23)14-22-9-3-4-10-22)21-13-16-12-17-6-1-2-8-19(17)25-15-16/h1-2,6,8,16,18H,3-5,7,9-15H2,(H,21,24)/t16-,18+/m1/s1. The predicted molar refractivity (Wildman–Crippen MR) is 97.9 cm³/mol. The number of amides is 2. The van der Waals surface area contributed by atoms with Gasteiger partial charge in [0.05, 0.1) is 6.61 Å². The number of ether oxygens (including phenoxy) is 1. The zero-order chi connectivity index (χ0) is 17.1. The summed E-state index contributed by atoms with van der Waals surface area (Å²) in [5.41, 5.74) is 1.25. The van der Waals surface area contributed by atoms with E-state index in [1.54, 1.807) is 0 Å². The molecule has 4 rings (SSSR count). The van der Waals surface area contributed by atoms with Gasteiger partial charge in [-0.3, -0.25) is 0 Å². The molecule has 3 aliphatic heterocycles. The van der Waals surface area contributed by atoms with Crippen molar-refractivity contribution >= 4 is 6.03 Å². The van der Waals surface area contributed by atoms with Crippen LogP contribution in [-0.2, 0) is 6.42 Å². The zero-order valence-electron chi connectivity index (χ0n) is 15.0. The highest BCUT2D eigenvalue weighted by Gasteiger charge is 2.31. The second-order valence-electron chi connectivity index (χ2n) is 7.67. The van der Waals surface area contributed by atoms with E-state index in [0.29, 0.717) is 25.1 Å². The minimum absolute atomic E-state index is 0.112. The van der Waals surface area contributed by atoms with Crippen molar-refractivity contribution in [3.63, 3.8) is 0 Å². The van der Waals surface area contributed by atoms with Gasteiger partial charge in [0.1, 0.15) is 5.75 Å². The Kier molecular flexibility index (Phi) is 5.11. The summed E-state index contributed by atoms with van der Waals surface area (Å²) >= 11 is 0. The number of likely N-dealkylation sites (tertiary alicyclic amines) is 2. The van der Waals surface area contributed by atoms with E-state index in [-0.39, 0.29) is 6.03 Å². The lowest BCUT2D eigenvalue weighted by atomic mass is 9.97. The van der Waals surface area contributed by atoms with E-state index in [9.17, 15) is 4.79 Å².